The number of anilines is 2. The zero-order valence-electron chi connectivity index (χ0n) is 15.4. The average Bonchev–Trinajstić information content (AvgIpc) is 3.01. The fourth-order valence-corrected chi connectivity index (χ4v) is 2.63. The lowest BCUT2D eigenvalue weighted by Gasteiger charge is -2.16. The van der Waals surface area contributed by atoms with E-state index in [1.165, 1.54) is 0 Å². The van der Waals surface area contributed by atoms with Crippen molar-refractivity contribution in [3.8, 4) is 0 Å². The van der Waals surface area contributed by atoms with Crippen LogP contribution in [0.25, 0.3) is 0 Å². The molecule has 0 aliphatic rings. The van der Waals surface area contributed by atoms with Crippen LogP contribution in [0, 0.1) is 13.8 Å². The minimum atomic E-state index is -0.446. The first-order valence-corrected chi connectivity index (χ1v) is 9.04. The standard InChI is InChI=1S/C19H20ClN5O3/c1-11-12(2)25-28-19(11)22-18(27)16-7-8-17(24-23-16)21-15(10-26)9-13-3-5-14(20)6-4-13/h3-8,15,26H,9-10H2,1-2H3,(H,21,24)(H,22,27). The molecule has 0 aliphatic heterocycles. The van der Waals surface area contributed by atoms with Gasteiger partial charge in [-0.1, -0.05) is 28.9 Å². The maximum atomic E-state index is 12.3. The van der Waals surface area contributed by atoms with Crippen LogP contribution in [-0.2, 0) is 6.42 Å². The molecule has 0 saturated heterocycles. The summed E-state index contributed by atoms with van der Waals surface area (Å²) in [5, 5.41) is 27.7. The number of hydrogen-bond donors (Lipinski definition) is 3. The van der Waals surface area contributed by atoms with Crippen molar-refractivity contribution in [2.45, 2.75) is 26.3 Å². The van der Waals surface area contributed by atoms with Crippen molar-refractivity contribution in [1.29, 1.82) is 0 Å². The Morgan fingerprint density at radius 2 is 1.93 bits per heavy atom. The van der Waals surface area contributed by atoms with Crippen LogP contribution in [0.5, 0.6) is 0 Å². The van der Waals surface area contributed by atoms with E-state index in [0.717, 1.165) is 11.1 Å². The number of aliphatic hydroxyl groups is 1. The minimum absolute atomic E-state index is 0.0866. The van der Waals surface area contributed by atoms with Gasteiger partial charge in [0.25, 0.3) is 5.91 Å². The van der Waals surface area contributed by atoms with Crippen LogP contribution in [0.3, 0.4) is 0 Å². The van der Waals surface area contributed by atoms with E-state index < -0.39 is 5.91 Å². The summed E-state index contributed by atoms with van der Waals surface area (Å²) in [6.45, 7) is 3.50. The van der Waals surface area contributed by atoms with E-state index >= 15 is 0 Å². The molecule has 2 heterocycles. The number of aliphatic hydroxyl groups excluding tert-OH is 1. The van der Waals surface area contributed by atoms with Crippen molar-refractivity contribution in [1.82, 2.24) is 15.4 Å². The van der Waals surface area contributed by atoms with Crippen molar-refractivity contribution in [2.75, 3.05) is 17.2 Å². The summed E-state index contributed by atoms with van der Waals surface area (Å²) in [6.07, 6.45) is 0.585. The van der Waals surface area contributed by atoms with Crippen LogP contribution in [0.1, 0.15) is 27.3 Å². The zero-order valence-corrected chi connectivity index (χ0v) is 16.2. The van der Waals surface area contributed by atoms with Gasteiger partial charge in [-0.2, -0.15) is 0 Å². The van der Waals surface area contributed by atoms with Gasteiger partial charge >= 0.3 is 0 Å². The summed E-state index contributed by atoms with van der Waals surface area (Å²) in [5.74, 6) is 0.296. The Morgan fingerprint density at radius 1 is 1.18 bits per heavy atom. The molecule has 8 nitrogen and oxygen atoms in total. The van der Waals surface area contributed by atoms with Gasteiger partial charge in [0.15, 0.2) is 5.69 Å². The van der Waals surface area contributed by atoms with Crippen LogP contribution < -0.4 is 10.6 Å². The Labute approximate surface area is 166 Å². The maximum absolute atomic E-state index is 12.3. The summed E-state index contributed by atoms with van der Waals surface area (Å²) in [6, 6.07) is 10.3. The highest BCUT2D eigenvalue weighted by atomic mass is 35.5. The maximum Gasteiger partial charge on any atom is 0.278 e. The van der Waals surface area contributed by atoms with E-state index in [2.05, 4.69) is 26.0 Å². The van der Waals surface area contributed by atoms with Gasteiger partial charge in [0.2, 0.25) is 5.88 Å². The van der Waals surface area contributed by atoms with Gasteiger partial charge in [0, 0.05) is 10.6 Å². The fraction of sp³-hybridized carbons (Fsp3) is 0.263. The van der Waals surface area contributed by atoms with E-state index in [1.807, 2.05) is 12.1 Å². The molecule has 1 unspecified atom stereocenters. The molecular weight excluding hydrogens is 382 g/mol. The molecule has 0 radical (unpaired) electrons. The summed E-state index contributed by atoms with van der Waals surface area (Å²) in [5.41, 5.74) is 2.62. The highest BCUT2D eigenvalue weighted by Gasteiger charge is 2.15. The molecule has 0 spiro atoms. The fourth-order valence-electron chi connectivity index (χ4n) is 2.50. The molecule has 28 heavy (non-hydrogen) atoms. The molecule has 9 heteroatoms. The lowest BCUT2D eigenvalue weighted by molar-refractivity contribution is 0.101. The molecule has 0 fully saturated rings. The molecule has 3 rings (SSSR count). The highest BCUT2D eigenvalue weighted by molar-refractivity contribution is 6.30. The van der Waals surface area contributed by atoms with E-state index in [4.69, 9.17) is 16.1 Å². The van der Waals surface area contributed by atoms with Crippen LogP contribution in [0.15, 0.2) is 40.9 Å². The second-order valence-electron chi connectivity index (χ2n) is 6.33. The molecule has 3 N–H and O–H groups in total. The predicted octanol–water partition coefficient (Wildman–Crippen LogP) is 3.00. The molecule has 146 valence electrons. The number of halogens is 1. The summed E-state index contributed by atoms with van der Waals surface area (Å²) >= 11 is 5.89. The number of amides is 1. The van der Waals surface area contributed by atoms with Crippen molar-refractivity contribution in [3.63, 3.8) is 0 Å². The van der Waals surface area contributed by atoms with Crippen molar-refractivity contribution >= 4 is 29.2 Å². The zero-order chi connectivity index (χ0) is 20.1. The number of carbonyl (C=O) groups excluding carboxylic acids is 1. The summed E-state index contributed by atoms with van der Waals surface area (Å²) < 4.78 is 5.06. The molecule has 0 bridgehead atoms. The quantitative estimate of drug-likeness (QED) is 0.557. The smallest absolute Gasteiger partial charge is 0.278 e. The van der Waals surface area contributed by atoms with Gasteiger partial charge in [-0.15, -0.1) is 10.2 Å². The lowest BCUT2D eigenvalue weighted by Crippen LogP contribution is -2.27. The summed E-state index contributed by atoms with van der Waals surface area (Å²) in [4.78, 5) is 12.3. The Hall–Kier alpha value is -2.97. The van der Waals surface area contributed by atoms with E-state index in [9.17, 15) is 9.90 Å². The van der Waals surface area contributed by atoms with Crippen LogP contribution in [-0.4, -0.2) is 39.0 Å². The third-order valence-electron chi connectivity index (χ3n) is 4.25. The SMILES string of the molecule is Cc1noc(NC(=O)c2ccc(NC(CO)Cc3ccc(Cl)cc3)nn2)c1C. The van der Waals surface area contributed by atoms with Gasteiger partial charge in [-0.3, -0.25) is 10.1 Å². The number of aryl methyl sites for hydroxylation is 1. The molecule has 1 aromatic carbocycles. The van der Waals surface area contributed by atoms with E-state index in [0.29, 0.717) is 23.0 Å². The number of nitrogens with one attached hydrogen (secondary N) is 2. The first kappa shape index (κ1) is 19.8. The van der Waals surface area contributed by atoms with Crippen LogP contribution in [0.2, 0.25) is 5.02 Å². The number of hydrogen-bond acceptors (Lipinski definition) is 7. The van der Waals surface area contributed by atoms with Gasteiger partial charge in [-0.05, 0) is 50.1 Å². The molecule has 0 saturated carbocycles. The highest BCUT2D eigenvalue weighted by Crippen LogP contribution is 2.18. The number of benzene rings is 1. The molecule has 1 atom stereocenters. The van der Waals surface area contributed by atoms with Gasteiger partial charge in [0.05, 0.1) is 18.3 Å². The van der Waals surface area contributed by atoms with Crippen molar-refractivity contribution in [3.05, 3.63) is 63.9 Å². The molecule has 2 aromatic heterocycles. The third-order valence-corrected chi connectivity index (χ3v) is 4.50. The topological polar surface area (TPSA) is 113 Å². The van der Waals surface area contributed by atoms with Gasteiger partial charge in [-0.25, -0.2) is 0 Å². The third kappa shape index (κ3) is 4.85. The van der Waals surface area contributed by atoms with Gasteiger partial charge < -0.3 is 14.9 Å². The molecular formula is C19H20ClN5O3. The lowest BCUT2D eigenvalue weighted by atomic mass is 10.1. The van der Waals surface area contributed by atoms with E-state index in [1.54, 1.807) is 38.1 Å². The van der Waals surface area contributed by atoms with Gasteiger partial charge in [0.1, 0.15) is 5.82 Å². The monoisotopic (exact) mass is 401 g/mol. The number of aromatic nitrogens is 3. The average molecular weight is 402 g/mol. The van der Waals surface area contributed by atoms with Crippen molar-refractivity contribution in [2.24, 2.45) is 0 Å². The summed E-state index contributed by atoms with van der Waals surface area (Å²) in [7, 11) is 0. The molecule has 1 amide bonds. The second-order valence-corrected chi connectivity index (χ2v) is 6.77. The molecule has 0 aliphatic carbocycles. The Balaban J connectivity index is 1.61. The van der Waals surface area contributed by atoms with Crippen LogP contribution >= 0.6 is 11.6 Å². The Kier molecular flexibility index (Phi) is 6.23. The second kappa shape index (κ2) is 8.81. The predicted molar refractivity (Wildman–Crippen MR) is 106 cm³/mol. The molecule has 3 aromatic rings. The number of nitrogens with zero attached hydrogens (tertiary/aromatic N) is 3. The Morgan fingerprint density at radius 3 is 2.50 bits per heavy atom. The number of rotatable bonds is 7. The number of carbonyl (C=O) groups is 1. The first-order valence-electron chi connectivity index (χ1n) is 8.66. The van der Waals surface area contributed by atoms with Crippen LogP contribution in [0.4, 0.5) is 11.7 Å². The largest absolute Gasteiger partial charge is 0.394 e. The Bertz CT molecular complexity index is 941. The minimum Gasteiger partial charge on any atom is -0.394 e. The first-order chi connectivity index (χ1) is 13.5. The normalized spacial score (nSPS) is 11.9. The van der Waals surface area contributed by atoms with Crippen molar-refractivity contribution < 1.29 is 14.4 Å². The van der Waals surface area contributed by atoms with E-state index in [-0.39, 0.29) is 24.2 Å².